The van der Waals surface area contributed by atoms with Gasteiger partial charge in [-0.25, -0.2) is 4.79 Å². The Morgan fingerprint density at radius 1 is 1.75 bits per heavy atom. The Kier molecular flexibility index (Phi) is 3.22. The first-order chi connectivity index (χ1) is 5.66. The fraction of sp³-hybridized carbons (Fsp3) is 0.429. The van der Waals surface area contributed by atoms with Gasteiger partial charge in [-0.3, -0.25) is 0 Å². The predicted octanol–water partition coefficient (Wildman–Crippen LogP) is 2.39. The quantitative estimate of drug-likeness (QED) is 0.756. The maximum absolute atomic E-state index is 11.3. The number of hydrogen-bond acceptors (Lipinski definition) is 4. The van der Waals surface area contributed by atoms with Crippen LogP contribution in [-0.2, 0) is 4.74 Å². The number of esters is 1. The molecule has 0 saturated carbocycles. The van der Waals surface area contributed by atoms with Crippen molar-refractivity contribution in [2.24, 2.45) is 0 Å². The molecule has 0 radical (unpaired) electrons. The molecule has 0 N–H and O–H groups in total. The molecule has 0 aliphatic heterocycles. The van der Waals surface area contributed by atoms with E-state index < -0.39 is 0 Å². The van der Waals surface area contributed by atoms with E-state index >= 15 is 0 Å². The monoisotopic (exact) mass is 249 g/mol. The van der Waals surface area contributed by atoms with Crippen LogP contribution >= 0.6 is 27.5 Å². The van der Waals surface area contributed by atoms with Gasteiger partial charge >= 0.3 is 5.97 Å². The summed E-state index contributed by atoms with van der Waals surface area (Å²) >= 11 is 4.49. The molecule has 66 valence electrons. The normalized spacial score (nSPS) is 9.92. The summed E-state index contributed by atoms with van der Waals surface area (Å²) in [5, 5.41) is 0. The average molecular weight is 250 g/mol. The molecule has 0 fully saturated rings. The minimum atomic E-state index is -0.310. The summed E-state index contributed by atoms with van der Waals surface area (Å²) in [6, 6.07) is 0. The van der Waals surface area contributed by atoms with Crippen molar-refractivity contribution in [3.63, 3.8) is 0 Å². The third-order valence-electron chi connectivity index (χ3n) is 1.30. The van der Waals surface area contributed by atoms with Crippen LogP contribution in [0.4, 0.5) is 0 Å². The van der Waals surface area contributed by atoms with Crippen molar-refractivity contribution in [3.8, 4) is 0 Å². The van der Waals surface area contributed by atoms with Gasteiger partial charge in [-0.05, 0) is 41.3 Å². The Labute approximate surface area is 83.0 Å². The molecule has 0 saturated heterocycles. The first-order valence-electron chi connectivity index (χ1n) is 3.45. The lowest BCUT2D eigenvalue weighted by Gasteiger charge is -1.99. The van der Waals surface area contributed by atoms with E-state index in [0.717, 1.165) is 3.79 Å². The van der Waals surface area contributed by atoms with Crippen molar-refractivity contribution < 1.29 is 9.53 Å². The molecule has 0 unspecified atom stereocenters. The fourth-order valence-corrected chi connectivity index (χ4v) is 2.07. The highest BCUT2D eigenvalue weighted by Crippen LogP contribution is 2.25. The van der Waals surface area contributed by atoms with Gasteiger partial charge in [0.05, 0.1) is 12.3 Å². The van der Waals surface area contributed by atoms with Crippen LogP contribution in [0, 0.1) is 6.92 Å². The topological polar surface area (TPSA) is 39.2 Å². The van der Waals surface area contributed by atoms with Crippen molar-refractivity contribution in [2.45, 2.75) is 13.8 Å². The molecule has 0 bridgehead atoms. The number of carbonyl (C=O) groups excluding carboxylic acids is 1. The molecule has 5 heteroatoms. The predicted molar refractivity (Wildman–Crippen MR) is 50.5 cm³/mol. The van der Waals surface area contributed by atoms with Gasteiger partial charge in [0, 0.05) is 0 Å². The highest BCUT2D eigenvalue weighted by molar-refractivity contribution is 9.11. The van der Waals surface area contributed by atoms with Gasteiger partial charge in [-0.1, -0.05) is 0 Å². The van der Waals surface area contributed by atoms with Crippen LogP contribution in [0.15, 0.2) is 3.79 Å². The summed E-state index contributed by atoms with van der Waals surface area (Å²) in [7, 11) is 0. The minimum Gasteiger partial charge on any atom is -0.462 e. The molecule has 3 nitrogen and oxygen atoms in total. The summed E-state index contributed by atoms with van der Waals surface area (Å²) in [6.45, 7) is 3.95. The number of hydrogen-bond donors (Lipinski definition) is 0. The lowest BCUT2D eigenvalue weighted by atomic mass is 10.3. The maximum atomic E-state index is 11.3. The van der Waals surface area contributed by atoms with Crippen LogP contribution in [0.2, 0.25) is 0 Å². The summed E-state index contributed by atoms with van der Waals surface area (Å²) in [4.78, 5) is 11.3. The third-order valence-corrected chi connectivity index (χ3v) is 2.86. The summed E-state index contributed by atoms with van der Waals surface area (Å²) in [5.74, 6) is -0.310. The van der Waals surface area contributed by atoms with Crippen LogP contribution in [-0.4, -0.2) is 16.9 Å². The van der Waals surface area contributed by atoms with Crippen LogP contribution in [0.5, 0.6) is 0 Å². The highest BCUT2D eigenvalue weighted by Gasteiger charge is 2.17. The SMILES string of the molecule is CCOC(=O)c1c(C)nsc1Br. The zero-order chi connectivity index (χ0) is 9.14. The number of aryl methyl sites for hydroxylation is 1. The molecule has 1 heterocycles. The second-order valence-electron chi connectivity index (χ2n) is 2.14. The molecule has 0 amide bonds. The van der Waals surface area contributed by atoms with Gasteiger partial charge < -0.3 is 4.74 Å². The molecule has 0 spiro atoms. The molecule has 1 aromatic heterocycles. The smallest absolute Gasteiger partial charge is 0.342 e. The number of carbonyl (C=O) groups is 1. The summed E-state index contributed by atoms with van der Waals surface area (Å²) in [6.07, 6.45) is 0. The Hall–Kier alpha value is -0.420. The van der Waals surface area contributed by atoms with E-state index in [9.17, 15) is 4.79 Å². The maximum Gasteiger partial charge on any atom is 0.342 e. The molecule has 0 aliphatic rings. The minimum absolute atomic E-state index is 0.310. The van der Waals surface area contributed by atoms with Crippen molar-refractivity contribution in [1.82, 2.24) is 4.37 Å². The number of halogens is 1. The van der Waals surface area contributed by atoms with Crippen LogP contribution in [0.3, 0.4) is 0 Å². The molecular weight excluding hydrogens is 242 g/mol. The van der Waals surface area contributed by atoms with Crippen LogP contribution < -0.4 is 0 Å². The highest BCUT2D eigenvalue weighted by atomic mass is 79.9. The Morgan fingerprint density at radius 3 is 2.83 bits per heavy atom. The van der Waals surface area contributed by atoms with E-state index in [-0.39, 0.29) is 5.97 Å². The van der Waals surface area contributed by atoms with Gasteiger partial charge in [0.25, 0.3) is 0 Å². The molecule has 0 atom stereocenters. The van der Waals surface area contributed by atoms with Crippen molar-refractivity contribution in [2.75, 3.05) is 6.61 Å². The lowest BCUT2D eigenvalue weighted by Crippen LogP contribution is -2.05. The zero-order valence-corrected chi connectivity index (χ0v) is 9.16. The first kappa shape index (κ1) is 9.67. The largest absolute Gasteiger partial charge is 0.462 e. The lowest BCUT2D eigenvalue weighted by molar-refractivity contribution is 0.0525. The molecule has 1 aromatic rings. The first-order valence-corrected chi connectivity index (χ1v) is 5.02. The average Bonchev–Trinajstić information content (AvgIpc) is 2.32. The van der Waals surface area contributed by atoms with Crippen LogP contribution in [0.25, 0.3) is 0 Å². The van der Waals surface area contributed by atoms with Gasteiger partial charge in [0.15, 0.2) is 0 Å². The Bertz CT molecular complexity index is 278. The second-order valence-corrected chi connectivity index (χ2v) is 4.23. The zero-order valence-electron chi connectivity index (χ0n) is 6.76. The molecule has 0 aromatic carbocycles. The number of nitrogens with zero attached hydrogens (tertiary/aromatic N) is 1. The van der Waals surface area contributed by atoms with E-state index in [4.69, 9.17) is 4.74 Å². The van der Waals surface area contributed by atoms with Crippen molar-refractivity contribution in [3.05, 3.63) is 15.0 Å². The molecule has 12 heavy (non-hydrogen) atoms. The Balaban J connectivity index is 2.93. The van der Waals surface area contributed by atoms with Gasteiger partial charge in [-0.2, -0.15) is 4.37 Å². The van der Waals surface area contributed by atoms with Gasteiger partial charge in [0.2, 0.25) is 0 Å². The number of ether oxygens (including phenoxy) is 1. The second kappa shape index (κ2) is 4.00. The Morgan fingerprint density at radius 2 is 2.42 bits per heavy atom. The van der Waals surface area contributed by atoms with E-state index in [1.165, 1.54) is 11.5 Å². The summed E-state index contributed by atoms with van der Waals surface area (Å²) < 4.78 is 9.59. The van der Waals surface area contributed by atoms with Crippen molar-refractivity contribution >= 4 is 33.4 Å². The van der Waals surface area contributed by atoms with Gasteiger partial charge in [0.1, 0.15) is 9.35 Å². The standard InChI is InChI=1S/C7H8BrNO2S/c1-3-11-7(10)5-4(2)9-12-6(5)8/h3H2,1-2H3. The van der Waals surface area contributed by atoms with E-state index in [1.54, 1.807) is 13.8 Å². The van der Waals surface area contributed by atoms with Crippen LogP contribution in [0.1, 0.15) is 23.0 Å². The molecule has 0 aliphatic carbocycles. The van der Waals surface area contributed by atoms with E-state index in [2.05, 4.69) is 20.3 Å². The number of rotatable bonds is 2. The fourth-order valence-electron chi connectivity index (χ4n) is 0.773. The van der Waals surface area contributed by atoms with E-state index in [0.29, 0.717) is 17.9 Å². The molecular formula is C7H8BrNO2S. The third kappa shape index (κ3) is 1.84. The van der Waals surface area contributed by atoms with Crippen molar-refractivity contribution in [1.29, 1.82) is 0 Å². The van der Waals surface area contributed by atoms with E-state index in [1.807, 2.05) is 0 Å². The number of aromatic nitrogens is 1. The van der Waals surface area contributed by atoms with Gasteiger partial charge in [-0.15, -0.1) is 0 Å². The summed E-state index contributed by atoms with van der Waals surface area (Å²) in [5.41, 5.74) is 1.26. The molecule has 1 rings (SSSR count).